The number of nitrogens with zero attached hydrogens (tertiary/aromatic N) is 2. The lowest BCUT2D eigenvalue weighted by atomic mass is 10.2. The first-order chi connectivity index (χ1) is 11.5. The van der Waals surface area contributed by atoms with E-state index in [-0.39, 0.29) is 11.8 Å². The van der Waals surface area contributed by atoms with Gasteiger partial charge in [-0.25, -0.2) is 0 Å². The summed E-state index contributed by atoms with van der Waals surface area (Å²) >= 11 is 3.37. The maximum atomic E-state index is 12.5. The summed E-state index contributed by atoms with van der Waals surface area (Å²) < 4.78 is 6.69. The first kappa shape index (κ1) is 18.7. The number of halogens is 1. The van der Waals surface area contributed by atoms with E-state index < -0.39 is 6.10 Å². The average Bonchev–Trinajstić information content (AvgIpc) is 2.57. The largest absolute Gasteiger partial charge is 0.481 e. The summed E-state index contributed by atoms with van der Waals surface area (Å²) in [6.07, 6.45) is -0.527. The van der Waals surface area contributed by atoms with Crippen LogP contribution in [0.15, 0.2) is 28.7 Å². The minimum atomic E-state index is -0.527. The summed E-state index contributed by atoms with van der Waals surface area (Å²) in [6, 6.07) is 7.43. The van der Waals surface area contributed by atoms with Gasteiger partial charge in [0.25, 0.3) is 5.91 Å². The number of piperazine rings is 1. The van der Waals surface area contributed by atoms with Gasteiger partial charge in [-0.3, -0.25) is 14.5 Å². The Morgan fingerprint density at radius 1 is 1.21 bits per heavy atom. The van der Waals surface area contributed by atoms with Crippen molar-refractivity contribution >= 4 is 27.7 Å². The number of likely N-dealkylation sites (N-methyl/N-ethyl adjacent to an activating group) is 1. The van der Waals surface area contributed by atoms with E-state index in [1.54, 1.807) is 11.8 Å². The Labute approximate surface area is 151 Å². The first-order valence-corrected chi connectivity index (χ1v) is 8.99. The van der Waals surface area contributed by atoms with E-state index in [0.717, 1.165) is 4.47 Å². The van der Waals surface area contributed by atoms with Crippen LogP contribution in [-0.2, 0) is 9.59 Å². The van der Waals surface area contributed by atoms with Gasteiger partial charge < -0.3 is 15.0 Å². The van der Waals surface area contributed by atoms with Gasteiger partial charge in [0, 0.05) is 37.2 Å². The molecule has 1 aromatic carbocycles. The highest BCUT2D eigenvalue weighted by molar-refractivity contribution is 9.10. The molecule has 7 heteroatoms. The van der Waals surface area contributed by atoms with Gasteiger partial charge in [-0.15, -0.1) is 0 Å². The van der Waals surface area contributed by atoms with Crippen molar-refractivity contribution in [3.63, 3.8) is 0 Å². The van der Waals surface area contributed by atoms with Crippen molar-refractivity contribution in [3.8, 4) is 5.75 Å². The minimum absolute atomic E-state index is 0.0180. The molecule has 1 heterocycles. The molecule has 24 heavy (non-hydrogen) atoms. The molecule has 0 bridgehead atoms. The Kier molecular flexibility index (Phi) is 7.05. The summed E-state index contributed by atoms with van der Waals surface area (Å²) in [5, 5.41) is 2.79. The molecular formula is C17H24BrN3O3. The fourth-order valence-electron chi connectivity index (χ4n) is 2.61. The highest BCUT2D eigenvalue weighted by Crippen LogP contribution is 2.18. The third kappa shape index (κ3) is 5.49. The Morgan fingerprint density at radius 3 is 2.42 bits per heavy atom. The van der Waals surface area contributed by atoms with Gasteiger partial charge in [0.15, 0.2) is 6.10 Å². The number of rotatable bonds is 6. The van der Waals surface area contributed by atoms with Crippen molar-refractivity contribution < 1.29 is 14.3 Å². The predicted octanol–water partition coefficient (Wildman–Crippen LogP) is 1.50. The van der Waals surface area contributed by atoms with E-state index in [2.05, 4.69) is 26.1 Å². The lowest BCUT2D eigenvalue weighted by Crippen LogP contribution is -2.53. The number of nitrogens with one attached hydrogen (secondary N) is 1. The second-order valence-corrected chi connectivity index (χ2v) is 6.68. The Morgan fingerprint density at radius 2 is 1.83 bits per heavy atom. The number of ether oxygens (including phenoxy) is 1. The van der Waals surface area contributed by atoms with Crippen LogP contribution < -0.4 is 10.1 Å². The molecule has 1 unspecified atom stereocenters. The van der Waals surface area contributed by atoms with Gasteiger partial charge in [-0.1, -0.05) is 15.9 Å². The third-order valence-corrected chi connectivity index (χ3v) is 4.43. The number of carbonyl (C=O) groups is 2. The van der Waals surface area contributed by atoms with Crippen LogP contribution in [0.1, 0.15) is 13.8 Å². The van der Waals surface area contributed by atoms with E-state index in [1.807, 2.05) is 31.2 Å². The number of hydrogen-bond acceptors (Lipinski definition) is 4. The van der Waals surface area contributed by atoms with Crippen LogP contribution in [0.3, 0.4) is 0 Å². The predicted molar refractivity (Wildman–Crippen MR) is 95.9 cm³/mol. The molecule has 2 rings (SSSR count). The quantitative estimate of drug-likeness (QED) is 0.789. The average molecular weight is 398 g/mol. The Hall–Kier alpha value is -1.60. The summed E-state index contributed by atoms with van der Waals surface area (Å²) in [6.45, 7) is 7.34. The molecule has 1 aromatic rings. The van der Waals surface area contributed by atoms with Crippen molar-refractivity contribution in [2.75, 3.05) is 39.3 Å². The van der Waals surface area contributed by atoms with E-state index in [9.17, 15) is 9.59 Å². The minimum Gasteiger partial charge on any atom is -0.481 e. The van der Waals surface area contributed by atoms with Crippen LogP contribution >= 0.6 is 15.9 Å². The molecule has 0 saturated carbocycles. The maximum absolute atomic E-state index is 12.5. The highest BCUT2D eigenvalue weighted by atomic mass is 79.9. The molecule has 0 spiro atoms. The van der Waals surface area contributed by atoms with E-state index in [4.69, 9.17) is 4.74 Å². The van der Waals surface area contributed by atoms with Crippen molar-refractivity contribution in [1.82, 2.24) is 15.1 Å². The fraction of sp³-hybridized carbons (Fsp3) is 0.529. The molecular weight excluding hydrogens is 374 g/mol. The molecule has 1 aliphatic heterocycles. The number of carbonyl (C=O) groups excluding carboxylic acids is 2. The number of hydrogen-bond donors (Lipinski definition) is 1. The van der Waals surface area contributed by atoms with Gasteiger partial charge in [-0.05, 0) is 38.1 Å². The topological polar surface area (TPSA) is 61.9 Å². The van der Waals surface area contributed by atoms with Gasteiger partial charge >= 0.3 is 0 Å². The Balaban J connectivity index is 1.79. The molecule has 1 aliphatic rings. The zero-order valence-corrected chi connectivity index (χ0v) is 15.7. The van der Waals surface area contributed by atoms with E-state index in [0.29, 0.717) is 45.0 Å². The van der Waals surface area contributed by atoms with Crippen LogP contribution in [0.4, 0.5) is 0 Å². The smallest absolute Gasteiger partial charge is 0.263 e. The van der Waals surface area contributed by atoms with Crippen molar-refractivity contribution in [2.24, 2.45) is 0 Å². The highest BCUT2D eigenvalue weighted by Gasteiger charge is 2.26. The van der Waals surface area contributed by atoms with E-state index in [1.165, 1.54) is 0 Å². The van der Waals surface area contributed by atoms with E-state index >= 15 is 0 Å². The fourth-order valence-corrected chi connectivity index (χ4v) is 2.87. The van der Waals surface area contributed by atoms with Crippen molar-refractivity contribution in [1.29, 1.82) is 0 Å². The molecule has 1 saturated heterocycles. The van der Waals surface area contributed by atoms with Crippen molar-refractivity contribution in [2.45, 2.75) is 20.0 Å². The first-order valence-electron chi connectivity index (χ1n) is 8.19. The van der Waals surface area contributed by atoms with Gasteiger partial charge in [0.05, 0.1) is 6.54 Å². The van der Waals surface area contributed by atoms with Crippen LogP contribution in [0, 0.1) is 0 Å². The van der Waals surface area contributed by atoms with Crippen LogP contribution in [0.2, 0.25) is 0 Å². The molecule has 0 radical (unpaired) electrons. The number of benzene rings is 1. The SMILES string of the molecule is CCNC(=O)CN1CCN(C(=O)C(C)Oc2ccc(Br)cc2)CC1. The molecule has 1 atom stereocenters. The summed E-state index contributed by atoms with van der Waals surface area (Å²) in [7, 11) is 0. The zero-order chi connectivity index (χ0) is 17.5. The lowest BCUT2D eigenvalue weighted by Gasteiger charge is -2.35. The molecule has 132 valence electrons. The van der Waals surface area contributed by atoms with Gasteiger partial charge in [0.2, 0.25) is 5.91 Å². The second-order valence-electron chi connectivity index (χ2n) is 5.77. The summed E-state index contributed by atoms with van der Waals surface area (Å²) in [4.78, 5) is 28.0. The molecule has 1 N–H and O–H groups in total. The van der Waals surface area contributed by atoms with Gasteiger partial charge in [-0.2, -0.15) is 0 Å². The molecule has 0 aliphatic carbocycles. The van der Waals surface area contributed by atoms with Crippen LogP contribution in [0.25, 0.3) is 0 Å². The third-order valence-electron chi connectivity index (χ3n) is 3.90. The zero-order valence-electron chi connectivity index (χ0n) is 14.1. The van der Waals surface area contributed by atoms with Crippen LogP contribution in [-0.4, -0.2) is 67.0 Å². The number of amides is 2. The monoisotopic (exact) mass is 397 g/mol. The molecule has 0 aromatic heterocycles. The molecule has 6 nitrogen and oxygen atoms in total. The summed E-state index contributed by atoms with van der Waals surface area (Å²) in [5.41, 5.74) is 0. The van der Waals surface area contributed by atoms with Crippen molar-refractivity contribution in [3.05, 3.63) is 28.7 Å². The molecule has 2 amide bonds. The normalized spacial score (nSPS) is 16.5. The lowest BCUT2D eigenvalue weighted by molar-refractivity contribution is -0.139. The molecule has 1 fully saturated rings. The summed E-state index contributed by atoms with van der Waals surface area (Å²) in [5.74, 6) is 0.689. The Bertz CT molecular complexity index is 557. The second kappa shape index (κ2) is 9.03. The van der Waals surface area contributed by atoms with Gasteiger partial charge in [0.1, 0.15) is 5.75 Å². The van der Waals surface area contributed by atoms with Crippen LogP contribution in [0.5, 0.6) is 5.75 Å². The standard InChI is InChI=1S/C17H24BrN3O3/c1-3-19-16(22)12-20-8-10-21(11-9-20)17(23)13(2)24-15-6-4-14(18)5-7-15/h4-7,13H,3,8-12H2,1-2H3,(H,19,22). The maximum Gasteiger partial charge on any atom is 0.263 e.